The fourth-order valence-electron chi connectivity index (χ4n) is 2.17. The molecule has 0 aliphatic rings. The van der Waals surface area contributed by atoms with Crippen molar-refractivity contribution in [2.75, 3.05) is 26.1 Å². The van der Waals surface area contributed by atoms with Crippen LogP contribution in [0.25, 0.3) is 0 Å². The van der Waals surface area contributed by atoms with Gasteiger partial charge in [0.05, 0.1) is 19.9 Å². The summed E-state index contributed by atoms with van der Waals surface area (Å²) in [5, 5.41) is 3.04. The van der Waals surface area contributed by atoms with E-state index in [2.05, 4.69) is 5.32 Å². The molecular weight excluding hydrogens is 374 g/mol. The standard InChI is InChI=1S/C19H20ClNO6/c1-12(19(23)21-14-10-13(20)8-9-15(14)24-2)27-18(22)11-26-17-7-5-4-6-16(17)25-3/h4-10,12H,11H2,1-3H3,(H,21,23)/t12-/m0/s1. The van der Waals surface area contributed by atoms with Crippen LogP contribution in [0.4, 0.5) is 5.69 Å². The number of methoxy groups -OCH3 is 2. The van der Waals surface area contributed by atoms with Crippen molar-refractivity contribution in [3.63, 3.8) is 0 Å². The molecular formula is C19H20ClNO6. The third-order valence-corrected chi connectivity index (χ3v) is 3.75. The number of benzene rings is 2. The highest BCUT2D eigenvalue weighted by atomic mass is 35.5. The Labute approximate surface area is 162 Å². The van der Waals surface area contributed by atoms with Crippen LogP contribution in [0, 0.1) is 0 Å². The van der Waals surface area contributed by atoms with Gasteiger partial charge < -0.3 is 24.3 Å². The first-order valence-corrected chi connectivity index (χ1v) is 8.42. The number of anilines is 1. The van der Waals surface area contributed by atoms with Crippen LogP contribution in [0.3, 0.4) is 0 Å². The van der Waals surface area contributed by atoms with E-state index in [0.717, 1.165) is 0 Å². The number of esters is 1. The van der Waals surface area contributed by atoms with Gasteiger partial charge in [0.1, 0.15) is 5.75 Å². The molecule has 0 aromatic heterocycles. The highest BCUT2D eigenvalue weighted by molar-refractivity contribution is 6.31. The molecule has 1 N–H and O–H groups in total. The molecule has 0 unspecified atom stereocenters. The topological polar surface area (TPSA) is 83.1 Å². The van der Waals surface area contributed by atoms with Gasteiger partial charge in [-0.05, 0) is 37.3 Å². The molecule has 144 valence electrons. The zero-order chi connectivity index (χ0) is 19.8. The van der Waals surface area contributed by atoms with Gasteiger partial charge in [0, 0.05) is 5.02 Å². The molecule has 0 saturated carbocycles. The van der Waals surface area contributed by atoms with Gasteiger partial charge in [0.2, 0.25) is 0 Å². The molecule has 1 atom stereocenters. The highest BCUT2D eigenvalue weighted by Gasteiger charge is 2.20. The van der Waals surface area contributed by atoms with E-state index in [-0.39, 0.29) is 6.61 Å². The average molecular weight is 394 g/mol. The summed E-state index contributed by atoms with van der Waals surface area (Å²) in [4.78, 5) is 24.2. The Hall–Kier alpha value is -2.93. The van der Waals surface area contributed by atoms with E-state index in [9.17, 15) is 9.59 Å². The molecule has 0 radical (unpaired) electrons. The zero-order valence-corrected chi connectivity index (χ0v) is 15.9. The third-order valence-electron chi connectivity index (χ3n) is 3.51. The molecule has 7 nitrogen and oxygen atoms in total. The number of halogens is 1. The summed E-state index contributed by atoms with van der Waals surface area (Å²) >= 11 is 5.93. The largest absolute Gasteiger partial charge is 0.495 e. The minimum absolute atomic E-state index is 0.363. The maximum Gasteiger partial charge on any atom is 0.344 e. The van der Waals surface area contributed by atoms with E-state index in [4.69, 9.17) is 30.5 Å². The number of ether oxygens (including phenoxy) is 4. The summed E-state index contributed by atoms with van der Waals surface area (Å²) in [7, 11) is 2.97. The van der Waals surface area contributed by atoms with E-state index in [1.54, 1.807) is 36.4 Å². The first kappa shape index (κ1) is 20.4. The summed E-state index contributed by atoms with van der Waals surface area (Å²) in [5.41, 5.74) is 0.378. The van der Waals surface area contributed by atoms with Crippen molar-refractivity contribution >= 4 is 29.2 Å². The second-order valence-corrected chi connectivity index (χ2v) is 5.84. The van der Waals surface area contributed by atoms with Crippen LogP contribution >= 0.6 is 11.6 Å². The average Bonchev–Trinajstić information content (AvgIpc) is 2.66. The van der Waals surface area contributed by atoms with Crippen LogP contribution in [0.2, 0.25) is 5.02 Å². The van der Waals surface area contributed by atoms with Crippen molar-refractivity contribution in [3.8, 4) is 17.2 Å². The molecule has 0 fully saturated rings. The van der Waals surface area contributed by atoms with Crippen LogP contribution < -0.4 is 19.5 Å². The van der Waals surface area contributed by atoms with Gasteiger partial charge in [0.25, 0.3) is 5.91 Å². The molecule has 0 aliphatic carbocycles. The maximum absolute atomic E-state index is 12.3. The second kappa shape index (κ2) is 9.68. The highest BCUT2D eigenvalue weighted by Crippen LogP contribution is 2.28. The Bertz CT molecular complexity index is 811. The molecule has 0 saturated heterocycles. The van der Waals surface area contributed by atoms with Gasteiger partial charge in [-0.2, -0.15) is 0 Å². The SMILES string of the molecule is COc1ccc(Cl)cc1NC(=O)[C@H](C)OC(=O)COc1ccccc1OC. The lowest BCUT2D eigenvalue weighted by Crippen LogP contribution is -2.31. The van der Waals surface area contributed by atoms with Crippen LogP contribution in [-0.2, 0) is 14.3 Å². The summed E-state index contributed by atoms with van der Waals surface area (Å²) < 4.78 is 20.8. The number of hydrogen-bond acceptors (Lipinski definition) is 6. The van der Waals surface area contributed by atoms with Crippen molar-refractivity contribution in [3.05, 3.63) is 47.5 Å². The third kappa shape index (κ3) is 5.79. The molecule has 0 aliphatic heterocycles. The van der Waals surface area contributed by atoms with Gasteiger partial charge in [-0.3, -0.25) is 4.79 Å². The lowest BCUT2D eigenvalue weighted by molar-refractivity contribution is -0.155. The maximum atomic E-state index is 12.3. The number of para-hydroxylation sites is 2. The molecule has 2 aromatic carbocycles. The number of hydrogen-bond donors (Lipinski definition) is 1. The summed E-state index contributed by atoms with van der Waals surface area (Å²) in [5.74, 6) is 0.107. The van der Waals surface area contributed by atoms with Crippen LogP contribution in [0.1, 0.15) is 6.92 Å². The predicted octanol–water partition coefficient (Wildman–Crippen LogP) is 3.31. The number of carbonyl (C=O) groups excluding carboxylic acids is 2. The number of carbonyl (C=O) groups is 2. The molecule has 2 rings (SSSR count). The summed E-state index contributed by atoms with van der Waals surface area (Å²) in [6.45, 7) is 1.09. The Morgan fingerprint density at radius 1 is 1.04 bits per heavy atom. The van der Waals surface area contributed by atoms with Crippen molar-refractivity contribution < 1.29 is 28.5 Å². The molecule has 27 heavy (non-hydrogen) atoms. The molecule has 1 amide bonds. The van der Waals surface area contributed by atoms with Crippen LogP contribution in [-0.4, -0.2) is 38.8 Å². The summed E-state index contributed by atoms with van der Waals surface area (Å²) in [6, 6.07) is 11.7. The smallest absolute Gasteiger partial charge is 0.344 e. The van der Waals surface area contributed by atoms with Gasteiger partial charge in [-0.15, -0.1) is 0 Å². The number of nitrogens with one attached hydrogen (secondary N) is 1. The first-order chi connectivity index (χ1) is 12.9. The Morgan fingerprint density at radius 3 is 2.37 bits per heavy atom. The molecule has 0 bridgehead atoms. The van der Waals surface area contributed by atoms with Crippen molar-refractivity contribution in [1.82, 2.24) is 0 Å². The lowest BCUT2D eigenvalue weighted by Gasteiger charge is -2.16. The van der Waals surface area contributed by atoms with Gasteiger partial charge in [-0.1, -0.05) is 23.7 Å². The molecule has 8 heteroatoms. The van der Waals surface area contributed by atoms with Crippen LogP contribution in [0.15, 0.2) is 42.5 Å². The Morgan fingerprint density at radius 2 is 1.70 bits per heavy atom. The summed E-state index contributed by atoms with van der Waals surface area (Å²) in [6.07, 6.45) is -1.04. The fourth-order valence-corrected chi connectivity index (χ4v) is 2.34. The minimum atomic E-state index is -1.04. The lowest BCUT2D eigenvalue weighted by atomic mass is 10.2. The first-order valence-electron chi connectivity index (χ1n) is 8.04. The van der Waals surface area contributed by atoms with E-state index in [0.29, 0.717) is 28.0 Å². The van der Waals surface area contributed by atoms with E-state index < -0.39 is 18.0 Å². The van der Waals surface area contributed by atoms with Gasteiger partial charge in [-0.25, -0.2) is 4.79 Å². The molecule has 2 aromatic rings. The minimum Gasteiger partial charge on any atom is -0.495 e. The number of rotatable bonds is 8. The normalized spacial score (nSPS) is 11.3. The van der Waals surface area contributed by atoms with Crippen molar-refractivity contribution in [1.29, 1.82) is 0 Å². The van der Waals surface area contributed by atoms with Crippen LogP contribution in [0.5, 0.6) is 17.2 Å². The van der Waals surface area contributed by atoms with Gasteiger partial charge >= 0.3 is 5.97 Å². The molecule has 0 heterocycles. The predicted molar refractivity (Wildman–Crippen MR) is 101 cm³/mol. The Kier molecular flexibility index (Phi) is 7.31. The second-order valence-electron chi connectivity index (χ2n) is 5.41. The monoisotopic (exact) mass is 393 g/mol. The van der Waals surface area contributed by atoms with E-state index >= 15 is 0 Å². The quantitative estimate of drug-likeness (QED) is 0.693. The fraction of sp³-hybridized carbons (Fsp3) is 0.263. The van der Waals surface area contributed by atoms with E-state index in [1.165, 1.54) is 27.2 Å². The van der Waals surface area contributed by atoms with E-state index in [1.807, 2.05) is 0 Å². The van der Waals surface area contributed by atoms with Gasteiger partial charge in [0.15, 0.2) is 24.2 Å². The van der Waals surface area contributed by atoms with Crippen molar-refractivity contribution in [2.45, 2.75) is 13.0 Å². The number of amides is 1. The zero-order valence-electron chi connectivity index (χ0n) is 15.2. The Balaban J connectivity index is 1.90. The molecule has 0 spiro atoms. The van der Waals surface area contributed by atoms with Crippen molar-refractivity contribution in [2.24, 2.45) is 0 Å².